The Hall–Kier alpha value is -3.01. The van der Waals surface area contributed by atoms with Crippen LogP contribution in [0.1, 0.15) is 15.9 Å². The number of hydrogen-bond donors (Lipinski definition) is 0. The second-order valence-electron chi connectivity index (χ2n) is 5.65. The highest BCUT2D eigenvalue weighted by molar-refractivity contribution is 6.09. The Morgan fingerprint density at radius 2 is 1.79 bits per heavy atom. The molecule has 0 saturated carbocycles. The van der Waals surface area contributed by atoms with Crippen LogP contribution in [0, 0.1) is 0 Å². The van der Waals surface area contributed by atoms with E-state index in [0.717, 1.165) is 27.5 Å². The predicted molar refractivity (Wildman–Crippen MR) is 91.6 cm³/mol. The van der Waals surface area contributed by atoms with Crippen LogP contribution in [0.5, 0.6) is 11.5 Å². The summed E-state index contributed by atoms with van der Waals surface area (Å²) >= 11 is 0. The zero-order chi connectivity index (χ0) is 16.7. The summed E-state index contributed by atoms with van der Waals surface area (Å²) in [5.41, 5.74) is 3.52. The number of benzene rings is 3. The van der Waals surface area contributed by atoms with E-state index in [1.807, 2.05) is 48.5 Å². The van der Waals surface area contributed by atoms with Crippen molar-refractivity contribution in [3.63, 3.8) is 0 Å². The second kappa shape index (κ2) is 5.57. The van der Waals surface area contributed by atoms with Gasteiger partial charge in [-0.05, 0) is 23.1 Å². The summed E-state index contributed by atoms with van der Waals surface area (Å²) in [5, 5.41) is 1.85. The van der Waals surface area contributed by atoms with Gasteiger partial charge in [-0.1, -0.05) is 30.3 Å². The van der Waals surface area contributed by atoms with Crippen molar-refractivity contribution in [1.82, 2.24) is 0 Å². The van der Waals surface area contributed by atoms with Gasteiger partial charge in [-0.2, -0.15) is 0 Å². The molecule has 4 nitrogen and oxygen atoms in total. The number of fused-ring (bicyclic) bond motifs is 2. The van der Waals surface area contributed by atoms with Gasteiger partial charge in [0.2, 0.25) is 0 Å². The number of carbonyl (C=O) groups is 1. The second-order valence-corrected chi connectivity index (χ2v) is 5.65. The third kappa shape index (κ3) is 2.11. The molecule has 0 aromatic heterocycles. The van der Waals surface area contributed by atoms with Gasteiger partial charge in [0, 0.05) is 22.6 Å². The van der Waals surface area contributed by atoms with E-state index in [1.165, 1.54) is 0 Å². The largest absolute Gasteiger partial charge is 0.497 e. The summed E-state index contributed by atoms with van der Waals surface area (Å²) in [5.74, 6) is 1.11. The number of methoxy groups -OCH3 is 2. The van der Waals surface area contributed by atoms with Crippen molar-refractivity contribution in [2.45, 2.75) is 6.61 Å². The van der Waals surface area contributed by atoms with Crippen LogP contribution in [-0.2, 0) is 11.3 Å². The molecule has 1 heterocycles. The summed E-state index contributed by atoms with van der Waals surface area (Å²) in [6.45, 7) is 0.281. The van der Waals surface area contributed by atoms with E-state index >= 15 is 0 Å². The maximum Gasteiger partial charge on any atom is 0.338 e. The highest BCUT2D eigenvalue weighted by Gasteiger charge is 2.28. The average Bonchev–Trinajstić information content (AvgIpc) is 3.00. The lowest BCUT2D eigenvalue weighted by atomic mass is 9.90. The van der Waals surface area contributed by atoms with Gasteiger partial charge in [0.25, 0.3) is 0 Å². The molecule has 4 rings (SSSR count). The number of ether oxygens (including phenoxy) is 3. The first-order valence-electron chi connectivity index (χ1n) is 7.67. The summed E-state index contributed by atoms with van der Waals surface area (Å²) in [7, 11) is 3.25. The molecule has 3 aromatic carbocycles. The fourth-order valence-electron chi connectivity index (χ4n) is 3.27. The van der Waals surface area contributed by atoms with Gasteiger partial charge in [0.15, 0.2) is 0 Å². The Kier molecular flexibility index (Phi) is 3.38. The van der Waals surface area contributed by atoms with E-state index < -0.39 is 0 Å². The van der Waals surface area contributed by atoms with Crippen LogP contribution < -0.4 is 9.47 Å². The summed E-state index contributed by atoms with van der Waals surface area (Å²) in [4.78, 5) is 12.1. The normalized spacial score (nSPS) is 12.8. The zero-order valence-corrected chi connectivity index (χ0v) is 13.5. The molecule has 4 heteroatoms. The monoisotopic (exact) mass is 320 g/mol. The molecule has 3 aromatic rings. The first-order valence-corrected chi connectivity index (χ1v) is 7.67. The summed E-state index contributed by atoms with van der Waals surface area (Å²) < 4.78 is 16.2. The maximum atomic E-state index is 12.1. The van der Waals surface area contributed by atoms with Crippen LogP contribution in [0.15, 0.2) is 48.5 Å². The molecule has 1 aliphatic rings. The van der Waals surface area contributed by atoms with Crippen LogP contribution in [0.2, 0.25) is 0 Å². The summed E-state index contributed by atoms with van der Waals surface area (Å²) in [6.07, 6.45) is 0. The van der Waals surface area contributed by atoms with Crippen LogP contribution in [0.4, 0.5) is 0 Å². The molecule has 0 unspecified atom stereocenters. The van der Waals surface area contributed by atoms with Gasteiger partial charge in [-0.25, -0.2) is 4.79 Å². The molecule has 1 aliphatic heterocycles. The predicted octanol–water partition coefficient (Wildman–Crippen LogP) is 4.19. The molecule has 0 aliphatic carbocycles. The highest BCUT2D eigenvalue weighted by Crippen LogP contribution is 2.43. The molecule has 0 fully saturated rings. The van der Waals surface area contributed by atoms with Crippen LogP contribution >= 0.6 is 0 Å². The van der Waals surface area contributed by atoms with Crippen molar-refractivity contribution in [3.8, 4) is 22.6 Å². The molecule has 0 N–H and O–H groups in total. The first-order chi connectivity index (χ1) is 11.7. The standard InChI is InChI=1S/C20H16O4/c1-22-14-8-13-9-15-16(11-24-20(15)21)18(12-6-4-3-5-7-12)19(13)17(10-14)23-2/h3-10H,11H2,1-2H3. The lowest BCUT2D eigenvalue weighted by Gasteiger charge is -2.16. The lowest BCUT2D eigenvalue weighted by Crippen LogP contribution is -1.98. The SMILES string of the molecule is COc1cc(OC)c2c(-c3ccccc3)c3c(cc2c1)C(=O)OC3. The smallest absolute Gasteiger partial charge is 0.338 e. The third-order valence-electron chi connectivity index (χ3n) is 4.37. The average molecular weight is 320 g/mol. The molecule has 24 heavy (non-hydrogen) atoms. The van der Waals surface area contributed by atoms with Crippen molar-refractivity contribution in [2.75, 3.05) is 14.2 Å². The van der Waals surface area contributed by atoms with Crippen molar-refractivity contribution in [2.24, 2.45) is 0 Å². The fourth-order valence-corrected chi connectivity index (χ4v) is 3.27. The molecular formula is C20H16O4. The van der Waals surface area contributed by atoms with Crippen LogP contribution in [0.25, 0.3) is 21.9 Å². The minimum absolute atomic E-state index is 0.281. The molecule has 0 radical (unpaired) electrons. The Balaban J connectivity index is 2.17. The molecular weight excluding hydrogens is 304 g/mol. The number of cyclic esters (lactones) is 1. The number of rotatable bonds is 3. The number of carbonyl (C=O) groups excluding carboxylic acids is 1. The third-order valence-corrected chi connectivity index (χ3v) is 4.37. The van der Waals surface area contributed by atoms with Gasteiger partial charge in [0.05, 0.1) is 19.8 Å². The molecule has 0 bridgehead atoms. The Morgan fingerprint density at radius 1 is 1.00 bits per heavy atom. The molecule has 0 amide bonds. The first kappa shape index (κ1) is 14.6. The van der Waals surface area contributed by atoms with E-state index in [1.54, 1.807) is 14.2 Å². The minimum atomic E-state index is -0.286. The van der Waals surface area contributed by atoms with E-state index in [4.69, 9.17) is 14.2 Å². The molecule has 0 saturated heterocycles. The van der Waals surface area contributed by atoms with E-state index in [9.17, 15) is 4.79 Å². The Bertz CT molecular complexity index is 945. The Morgan fingerprint density at radius 3 is 2.50 bits per heavy atom. The number of esters is 1. The Labute approximate surface area is 139 Å². The van der Waals surface area contributed by atoms with Crippen molar-refractivity contribution < 1.29 is 19.0 Å². The minimum Gasteiger partial charge on any atom is -0.497 e. The van der Waals surface area contributed by atoms with Gasteiger partial charge < -0.3 is 14.2 Å². The van der Waals surface area contributed by atoms with Crippen LogP contribution in [0.3, 0.4) is 0 Å². The summed E-state index contributed by atoms with van der Waals surface area (Å²) in [6, 6.07) is 15.6. The number of hydrogen-bond acceptors (Lipinski definition) is 4. The van der Waals surface area contributed by atoms with E-state index in [0.29, 0.717) is 17.1 Å². The van der Waals surface area contributed by atoms with E-state index in [-0.39, 0.29) is 12.6 Å². The van der Waals surface area contributed by atoms with Gasteiger partial charge in [0.1, 0.15) is 18.1 Å². The fraction of sp³-hybridized carbons (Fsp3) is 0.150. The van der Waals surface area contributed by atoms with Gasteiger partial charge in [-0.15, -0.1) is 0 Å². The highest BCUT2D eigenvalue weighted by atomic mass is 16.5. The van der Waals surface area contributed by atoms with Crippen molar-refractivity contribution in [1.29, 1.82) is 0 Å². The quantitative estimate of drug-likeness (QED) is 0.679. The molecule has 0 spiro atoms. The van der Waals surface area contributed by atoms with Crippen molar-refractivity contribution in [3.05, 3.63) is 59.7 Å². The lowest BCUT2D eigenvalue weighted by molar-refractivity contribution is 0.0535. The van der Waals surface area contributed by atoms with Gasteiger partial charge in [-0.3, -0.25) is 0 Å². The van der Waals surface area contributed by atoms with Crippen molar-refractivity contribution >= 4 is 16.7 Å². The molecule has 0 atom stereocenters. The van der Waals surface area contributed by atoms with E-state index in [2.05, 4.69) is 0 Å². The van der Waals surface area contributed by atoms with Crippen LogP contribution in [-0.4, -0.2) is 20.2 Å². The van der Waals surface area contributed by atoms with Gasteiger partial charge >= 0.3 is 5.97 Å². The maximum absolute atomic E-state index is 12.1. The zero-order valence-electron chi connectivity index (χ0n) is 13.5. The topological polar surface area (TPSA) is 44.8 Å². The molecule has 120 valence electrons.